The van der Waals surface area contributed by atoms with Gasteiger partial charge in [-0.1, -0.05) is 13.8 Å². The second kappa shape index (κ2) is 5.04. The van der Waals surface area contributed by atoms with Gasteiger partial charge < -0.3 is 10.5 Å². The summed E-state index contributed by atoms with van der Waals surface area (Å²) in [4.78, 5) is 6.31. The van der Waals surface area contributed by atoms with E-state index < -0.39 is 0 Å². The molecule has 2 N–H and O–H groups in total. The lowest BCUT2D eigenvalue weighted by molar-refractivity contribution is 0.149. The van der Waals surface area contributed by atoms with Gasteiger partial charge in [-0.05, 0) is 43.6 Å². The summed E-state index contributed by atoms with van der Waals surface area (Å²) in [6.45, 7) is 8.32. The molecule has 1 aliphatic heterocycles. The van der Waals surface area contributed by atoms with Crippen molar-refractivity contribution >= 4 is 13.7 Å². The molecule has 0 aromatic heterocycles. The van der Waals surface area contributed by atoms with Crippen molar-refractivity contribution in [3.63, 3.8) is 0 Å². The van der Waals surface area contributed by atoms with E-state index in [4.69, 9.17) is 13.7 Å². The lowest BCUT2D eigenvalue weighted by Gasteiger charge is -2.44. The first-order valence-corrected chi connectivity index (χ1v) is 5.77. The average Bonchev–Trinajstić information content (AvgIpc) is 2.20. The number of aliphatic imine (C=N–C) groups is 1. The van der Waals surface area contributed by atoms with Crippen LogP contribution in [0.3, 0.4) is 0 Å². The van der Waals surface area contributed by atoms with Crippen LogP contribution in [-0.4, -0.2) is 38.6 Å². The van der Waals surface area contributed by atoms with Crippen LogP contribution in [0.5, 0.6) is 0 Å². The number of hydrogen-bond donors (Lipinski definition) is 1. The summed E-state index contributed by atoms with van der Waals surface area (Å²) in [7, 11) is 7.72. The van der Waals surface area contributed by atoms with Crippen LogP contribution in [0, 0.1) is 11.3 Å². The fourth-order valence-corrected chi connectivity index (χ4v) is 2.60. The minimum atomic E-state index is 0.145. The number of hydrogen-bond acceptors (Lipinski definition) is 3. The van der Waals surface area contributed by atoms with Crippen LogP contribution < -0.4 is 5.73 Å². The Morgan fingerprint density at radius 3 is 2.62 bits per heavy atom. The topological polar surface area (TPSA) is 41.6 Å². The summed E-state index contributed by atoms with van der Waals surface area (Å²) in [5, 5.41) is 0. The molecule has 3 nitrogen and oxygen atoms in total. The third-order valence-corrected chi connectivity index (χ3v) is 3.48. The molecule has 0 saturated carbocycles. The van der Waals surface area contributed by atoms with Crippen LogP contribution in [0.4, 0.5) is 0 Å². The Kier molecular flexibility index (Phi) is 4.19. The lowest BCUT2D eigenvalue weighted by Crippen LogP contribution is -2.47. The van der Waals surface area contributed by atoms with Crippen LogP contribution in [0.25, 0.3) is 0 Å². The third kappa shape index (κ3) is 2.67. The molecule has 1 unspecified atom stereocenters. The van der Waals surface area contributed by atoms with E-state index in [2.05, 4.69) is 18.8 Å². The van der Waals surface area contributed by atoms with E-state index in [0.29, 0.717) is 5.92 Å². The van der Waals surface area contributed by atoms with Crippen molar-refractivity contribution in [2.75, 3.05) is 20.1 Å². The molecular formula is C12H22BN3. The second-order valence-corrected chi connectivity index (χ2v) is 5.26. The minimum absolute atomic E-state index is 0.145. The van der Waals surface area contributed by atoms with E-state index in [-0.39, 0.29) is 5.41 Å². The first-order chi connectivity index (χ1) is 7.42. The normalized spacial score (nSPS) is 28.1. The van der Waals surface area contributed by atoms with Gasteiger partial charge in [-0.25, -0.2) is 0 Å². The van der Waals surface area contributed by atoms with Crippen LogP contribution >= 0.6 is 0 Å². The predicted molar refractivity (Wildman–Crippen MR) is 70.5 cm³/mol. The van der Waals surface area contributed by atoms with Gasteiger partial charge in [0.25, 0.3) is 0 Å². The summed E-state index contributed by atoms with van der Waals surface area (Å²) in [6.07, 6.45) is 2.69. The first-order valence-electron chi connectivity index (χ1n) is 5.77. The van der Waals surface area contributed by atoms with Crippen LogP contribution in [-0.2, 0) is 0 Å². The van der Waals surface area contributed by atoms with Gasteiger partial charge in [0, 0.05) is 18.7 Å². The number of nitrogens with zero attached hydrogens (tertiary/aromatic N) is 2. The Morgan fingerprint density at radius 1 is 1.56 bits per heavy atom. The van der Waals surface area contributed by atoms with Crippen molar-refractivity contribution in [3.8, 4) is 0 Å². The summed E-state index contributed by atoms with van der Waals surface area (Å²) in [6, 6.07) is 0. The average molecular weight is 219 g/mol. The molecule has 88 valence electrons. The van der Waals surface area contributed by atoms with Gasteiger partial charge in [-0.2, -0.15) is 0 Å². The molecule has 0 bridgehead atoms. The molecule has 1 heterocycles. The molecule has 16 heavy (non-hydrogen) atoms. The monoisotopic (exact) mass is 219 g/mol. The number of allylic oxidation sites excluding steroid dienone is 1. The fourth-order valence-electron chi connectivity index (χ4n) is 2.60. The van der Waals surface area contributed by atoms with Gasteiger partial charge in [-0.3, -0.25) is 4.99 Å². The molecule has 2 radical (unpaired) electrons. The van der Waals surface area contributed by atoms with E-state index in [0.717, 1.165) is 30.8 Å². The van der Waals surface area contributed by atoms with Gasteiger partial charge in [0.15, 0.2) is 7.98 Å². The number of rotatable bonds is 2. The molecule has 1 atom stereocenters. The molecule has 1 rings (SSSR count). The maximum atomic E-state index is 5.88. The molecule has 0 aliphatic carbocycles. The largest absolute Gasteiger partial charge is 0.404 e. The molecule has 0 amide bonds. The fraction of sp³-hybridized carbons (Fsp3) is 0.750. The Labute approximate surface area is 100 Å². The zero-order chi connectivity index (χ0) is 12.3. The Hall–Kier alpha value is -0.765. The Bertz CT molecular complexity index is 307. The highest BCUT2D eigenvalue weighted by Crippen LogP contribution is 2.36. The predicted octanol–water partition coefficient (Wildman–Crippen LogP) is 1.35. The molecule has 1 aliphatic rings. The molecule has 1 fully saturated rings. The van der Waals surface area contributed by atoms with Crippen molar-refractivity contribution in [2.45, 2.75) is 27.2 Å². The standard InChI is InChI=1S/C12H22BN3/c1-9(7-14)11(15-4)10-5-6-16(13)8-12(10,2)3/h7,10H,5-6,8,14H2,1-4H3. The summed E-state index contributed by atoms with van der Waals surface area (Å²) in [5.41, 5.74) is 7.94. The van der Waals surface area contributed by atoms with E-state index in [9.17, 15) is 0 Å². The molecule has 4 heteroatoms. The molecular weight excluding hydrogens is 197 g/mol. The van der Waals surface area contributed by atoms with E-state index in [1.54, 1.807) is 6.20 Å². The van der Waals surface area contributed by atoms with E-state index in [1.807, 2.05) is 18.8 Å². The molecule has 0 spiro atoms. The second-order valence-electron chi connectivity index (χ2n) is 5.26. The van der Waals surface area contributed by atoms with Gasteiger partial charge >= 0.3 is 0 Å². The van der Waals surface area contributed by atoms with Crippen molar-refractivity contribution in [1.29, 1.82) is 0 Å². The van der Waals surface area contributed by atoms with Crippen molar-refractivity contribution < 1.29 is 0 Å². The van der Waals surface area contributed by atoms with Gasteiger partial charge in [0.2, 0.25) is 0 Å². The minimum Gasteiger partial charge on any atom is -0.404 e. The van der Waals surface area contributed by atoms with Crippen LogP contribution in [0.1, 0.15) is 27.2 Å². The highest BCUT2D eigenvalue weighted by Gasteiger charge is 2.37. The lowest BCUT2D eigenvalue weighted by atomic mass is 9.69. The van der Waals surface area contributed by atoms with Crippen molar-refractivity contribution in [3.05, 3.63) is 11.8 Å². The maximum Gasteiger partial charge on any atom is 0.182 e. The molecule has 0 aromatic carbocycles. The van der Waals surface area contributed by atoms with E-state index in [1.165, 1.54) is 0 Å². The quantitative estimate of drug-likeness (QED) is 0.562. The van der Waals surface area contributed by atoms with Gasteiger partial charge in [-0.15, -0.1) is 0 Å². The number of piperidine rings is 1. The Balaban J connectivity index is 2.95. The highest BCUT2D eigenvalue weighted by atomic mass is 15.0. The van der Waals surface area contributed by atoms with Gasteiger partial charge in [0.05, 0.1) is 0 Å². The zero-order valence-corrected chi connectivity index (χ0v) is 10.8. The zero-order valence-electron chi connectivity index (χ0n) is 10.8. The van der Waals surface area contributed by atoms with Crippen molar-refractivity contribution in [2.24, 2.45) is 22.1 Å². The van der Waals surface area contributed by atoms with E-state index >= 15 is 0 Å². The van der Waals surface area contributed by atoms with Crippen LogP contribution in [0.2, 0.25) is 0 Å². The first kappa shape index (κ1) is 13.3. The molecule has 0 aromatic rings. The SMILES string of the molecule is [B]N1CCC(C(=NC)C(C)=CN)C(C)(C)C1. The summed E-state index contributed by atoms with van der Waals surface area (Å²) < 4.78 is 0. The smallest absolute Gasteiger partial charge is 0.182 e. The van der Waals surface area contributed by atoms with Crippen molar-refractivity contribution in [1.82, 2.24) is 4.81 Å². The molecule has 1 saturated heterocycles. The van der Waals surface area contributed by atoms with Crippen LogP contribution in [0.15, 0.2) is 16.8 Å². The third-order valence-electron chi connectivity index (χ3n) is 3.48. The van der Waals surface area contributed by atoms with Gasteiger partial charge in [0.1, 0.15) is 0 Å². The summed E-state index contributed by atoms with van der Waals surface area (Å²) in [5.74, 6) is 0.442. The highest BCUT2D eigenvalue weighted by molar-refractivity contribution is 6.05. The maximum absolute atomic E-state index is 5.88. The number of nitrogens with two attached hydrogens (primary N) is 1. The summed E-state index contributed by atoms with van der Waals surface area (Å²) >= 11 is 0. The Morgan fingerprint density at radius 2 is 2.19 bits per heavy atom.